The maximum atomic E-state index is 13.2. The fourth-order valence-electron chi connectivity index (χ4n) is 3.64. The van der Waals surface area contributed by atoms with Gasteiger partial charge in [-0.25, -0.2) is 4.39 Å². The number of benzene rings is 1. The van der Waals surface area contributed by atoms with Gasteiger partial charge in [0.25, 0.3) is 0 Å². The number of hydrogen-bond acceptors (Lipinski definition) is 4. The first-order chi connectivity index (χ1) is 12.4. The molecule has 0 spiro atoms. The van der Waals surface area contributed by atoms with Crippen molar-refractivity contribution in [3.05, 3.63) is 47.0 Å². The van der Waals surface area contributed by atoms with Crippen LogP contribution in [0.1, 0.15) is 29.4 Å². The zero-order valence-electron chi connectivity index (χ0n) is 15.6. The van der Waals surface area contributed by atoms with Crippen molar-refractivity contribution in [1.29, 1.82) is 0 Å². The molecule has 1 aliphatic heterocycles. The van der Waals surface area contributed by atoms with Gasteiger partial charge < -0.3 is 15.0 Å². The maximum absolute atomic E-state index is 13.2. The van der Waals surface area contributed by atoms with Gasteiger partial charge in [0.2, 0.25) is 5.91 Å². The molecule has 0 radical (unpaired) electrons. The number of hydrogen-bond donors (Lipinski definition) is 1. The third-order valence-corrected chi connectivity index (χ3v) is 5.02. The molecule has 26 heavy (non-hydrogen) atoms. The molecule has 1 aromatic heterocycles. The summed E-state index contributed by atoms with van der Waals surface area (Å²) in [5, 5.41) is 7.91. The fraction of sp³-hybridized carbons (Fsp3) is 0.474. The molecule has 0 aliphatic carbocycles. The number of aromatic nitrogens is 2. The smallest absolute Gasteiger partial charge is 0.224 e. The van der Waals surface area contributed by atoms with Gasteiger partial charge in [-0.1, -0.05) is 6.07 Å². The number of amides is 1. The lowest BCUT2D eigenvalue weighted by atomic mass is 9.98. The predicted octanol–water partition coefficient (Wildman–Crippen LogP) is 2.12. The molecular weight excluding hydrogens is 335 g/mol. The van der Waals surface area contributed by atoms with E-state index in [0.29, 0.717) is 25.3 Å². The van der Waals surface area contributed by atoms with Crippen molar-refractivity contribution in [2.75, 3.05) is 20.2 Å². The minimum absolute atomic E-state index is 0.00907. The number of nitrogens with one attached hydrogen (secondary N) is 1. The zero-order valence-corrected chi connectivity index (χ0v) is 15.6. The summed E-state index contributed by atoms with van der Waals surface area (Å²) in [4.78, 5) is 14.1. The highest BCUT2D eigenvalue weighted by Crippen LogP contribution is 2.35. The number of likely N-dealkylation sites (N-methyl/N-ethyl adjacent to an activating group) is 1. The Kier molecular flexibility index (Phi) is 5.27. The van der Waals surface area contributed by atoms with Crippen molar-refractivity contribution >= 4 is 5.91 Å². The molecule has 1 aliphatic rings. The summed E-state index contributed by atoms with van der Waals surface area (Å²) in [7, 11) is 3.75. The van der Waals surface area contributed by atoms with E-state index >= 15 is 0 Å². The van der Waals surface area contributed by atoms with E-state index in [1.54, 1.807) is 17.0 Å². The van der Waals surface area contributed by atoms with Crippen LogP contribution >= 0.6 is 0 Å². The normalized spacial score (nSPS) is 20.0. The number of carbonyl (C=O) groups excluding carboxylic acids is 1. The van der Waals surface area contributed by atoms with Crippen LogP contribution < -0.4 is 10.1 Å². The first kappa shape index (κ1) is 18.4. The Morgan fingerprint density at radius 3 is 2.77 bits per heavy atom. The Bertz CT molecular complexity index is 805. The maximum Gasteiger partial charge on any atom is 0.224 e. The van der Waals surface area contributed by atoms with Crippen LogP contribution in [0.25, 0.3) is 0 Å². The van der Waals surface area contributed by atoms with Crippen LogP contribution in [-0.2, 0) is 11.8 Å². The monoisotopic (exact) mass is 360 g/mol. The lowest BCUT2D eigenvalue weighted by molar-refractivity contribution is -0.127. The number of ether oxygens (including phenoxy) is 1. The van der Waals surface area contributed by atoms with Crippen molar-refractivity contribution in [2.45, 2.75) is 32.4 Å². The lowest BCUT2D eigenvalue weighted by Gasteiger charge is -2.26. The summed E-state index contributed by atoms with van der Waals surface area (Å²) >= 11 is 0. The van der Waals surface area contributed by atoms with Crippen LogP contribution in [0.5, 0.6) is 5.75 Å². The van der Waals surface area contributed by atoms with Crippen molar-refractivity contribution in [3.63, 3.8) is 0 Å². The summed E-state index contributed by atoms with van der Waals surface area (Å²) in [5.41, 5.74) is 3.11. The van der Waals surface area contributed by atoms with Crippen molar-refractivity contribution in [3.8, 4) is 5.75 Å². The molecule has 140 valence electrons. The number of nitrogens with zero attached hydrogens (tertiary/aromatic N) is 3. The highest BCUT2D eigenvalue weighted by atomic mass is 19.1. The molecule has 1 fully saturated rings. The number of carbonyl (C=O) groups is 1. The Labute approximate surface area is 152 Å². The molecule has 0 saturated carbocycles. The van der Waals surface area contributed by atoms with E-state index < -0.39 is 0 Å². The van der Waals surface area contributed by atoms with Gasteiger partial charge in [-0.3, -0.25) is 9.48 Å². The van der Waals surface area contributed by atoms with Crippen LogP contribution in [0.2, 0.25) is 0 Å². The van der Waals surface area contributed by atoms with Gasteiger partial charge in [-0.15, -0.1) is 0 Å². The second-order valence-electron chi connectivity index (χ2n) is 6.73. The molecule has 2 heterocycles. The summed E-state index contributed by atoms with van der Waals surface area (Å²) < 4.78 is 20.6. The largest absolute Gasteiger partial charge is 0.492 e. The van der Waals surface area contributed by atoms with E-state index in [1.807, 2.05) is 32.6 Å². The highest BCUT2D eigenvalue weighted by Gasteiger charge is 2.40. The molecular formula is C19H25FN4O2. The Balaban J connectivity index is 1.65. The van der Waals surface area contributed by atoms with Gasteiger partial charge in [0.15, 0.2) is 0 Å². The van der Waals surface area contributed by atoms with Gasteiger partial charge in [-0.2, -0.15) is 5.10 Å². The molecule has 1 saturated heterocycles. The lowest BCUT2D eigenvalue weighted by Crippen LogP contribution is -2.37. The van der Waals surface area contributed by atoms with Crippen molar-refractivity contribution in [2.24, 2.45) is 7.05 Å². The summed E-state index contributed by atoms with van der Waals surface area (Å²) in [5.74, 6) is 0.296. The van der Waals surface area contributed by atoms with Crippen LogP contribution in [0.15, 0.2) is 24.3 Å². The highest BCUT2D eigenvalue weighted by molar-refractivity contribution is 5.80. The van der Waals surface area contributed by atoms with E-state index in [1.165, 1.54) is 12.1 Å². The van der Waals surface area contributed by atoms with Gasteiger partial charge >= 0.3 is 0 Å². The quantitative estimate of drug-likeness (QED) is 0.802. The van der Waals surface area contributed by atoms with E-state index in [2.05, 4.69) is 10.4 Å². The average molecular weight is 360 g/mol. The predicted molar refractivity (Wildman–Crippen MR) is 96.5 cm³/mol. The second-order valence-corrected chi connectivity index (χ2v) is 6.73. The summed E-state index contributed by atoms with van der Waals surface area (Å²) in [6, 6.07) is 6.02. The second kappa shape index (κ2) is 7.45. The van der Waals surface area contributed by atoms with Gasteiger partial charge in [0, 0.05) is 50.4 Å². The number of rotatable bonds is 6. The standard InChI is InChI=1S/C19H25FN4O2/c1-12-18(13(2)24(4)22-12)19-16(11-17(25)23(19)3)21-8-9-26-15-7-5-6-14(20)10-15/h5-7,10,16,19,21H,8-9,11H2,1-4H3/t16-,19-/m1/s1. The molecule has 6 nitrogen and oxygen atoms in total. The first-order valence-electron chi connectivity index (χ1n) is 8.76. The van der Waals surface area contributed by atoms with Crippen LogP contribution in [0, 0.1) is 19.7 Å². The number of halogens is 1. The van der Waals surface area contributed by atoms with Crippen molar-refractivity contribution in [1.82, 2.24) is 20.0 Å². The van der Waals surface area contributed by atoms with Crippen LogP contribution in [0.3, 0.4) is 0 Å². The zero-order chi connectivity index (χ0) is 18.8. The van der Waals surface area contributed by atoms with Gasteiger partial charge in [0.1, 0.15) is 18.2 Å². The van der Waals surface area contributed by atoms with Crippen molar-refractivity contribution < 1.29 is 13.9 Å². The van der Waals surface area contributed by atoms with E-state index in [-0.39, 0.29) is 23.8 Å². The Morgan fingerprint density at radius 2 is 2.12 bits per heavy atom. The molecule has 1 aromatic carbocycles. The third-order valence-electron chi connectivity index (χ3n) is 5.02. The topological polar surface area (TPSA) is 59.4 Å². The van der Waals surface area contributed by atoms with Crippen LogP contribution in [-0.4, -0.2) is 46.8 Å². The SMILES string of the molecule is Cc1nn(C)c(C)c1[C@H]1[C@H](NCCOc2cccc(F)c2)CC(=O)N1C. The van der Waals surface area contributed by atoms with Crippen LogP contribution in [0.4, 0.5) is 4.39 Å². The minimum atomic E-state index is -0.318. The van der Waals surface area contributed by atoms with E-state index in [0.717, 1.165) is 17.0 Å². The molecule has 1 amide bonds. The fourth-order valence-corrected chi connectivity index (χ4v) is 3.64. The molecule has 1 N–H and O–H groups in total. The number of aryl methyl sites for hydroxylation is 2. The molecule has 2 atom stereocenters. The molecule has 7 heteroatoms. The van der Waals surface area contributed by atoms with Gasteiger partial charge in [0.05, 0.1) is 11.7 Å². The first-order valence-corrected chi connectivity index (χ1v) is 8.76. The van der Waals surface area contributed by atoms with E-state index in [9.17, 15) is 9.18 Å². The Hall–Kier alpha value is -2.41. The Morgan fingerprint density at radius 1 is 1.35 bits per heavy atom. The summed E-state index contributed by atoms with van der Waals surface area (Å²) in [6.07, 6.45) is 0.439. The molecule has 3 rings (SSSR count). The van der Waals surface area contributed by atoms with Gasteiger partial charge in [-0.05, 0) is 26.0 Å². The number of likely N-dealkylation sites (tertiary alicyclic amines) is 1. The molecule has 0 unspecified atom stereocenters. The molecule has 2 aromatic rings. The van der Waals surface area contributed by atoms with E-state index in [4.69, 9.17) is 4.74 Å². The minimum Gasteiger partial charge on any atom is -0.492 e. The third kappa shape index (κ3) is 3.58. The summed E-state index contributed by atoms with van der Waals surface area (Å²) in [6.45, 7) is 4.96. The molecule has 0 bridgehead atoms. The average Bonchev–Trinajstić information content (AvgIpc) is 3.00.